The van der Waals surface area contributed by atoms with E-state index in [-0.39, 0.29) is 11.8 Å². The lowest BCUT2D eigenvalue weighted by Crippen LogP contribution is -2.31. The monoisotopic (exact) mass is 258 g/mol. The molecule has 3 heteroatoms. The minimum absolute atomic E-state index is 0.215. The highest BCUT2D eigenvalue weighted by atomic mass is 16.2. The molecule has 0 unspecified atom stereocenters. The molecule has 2 fully saturated rings. The van der Waals surface area contributed by atoms with Gasteiger partial charge in [0.15, 0.2) is 0 Å². The number of carbonyl (C=O) groups excluding carboxylic acids is 1. The molecular formula is C16H22N2O. The largest absolute Gasteiger partial charge is 0.326 e. The van der Waals surface area contributed by atoms with E-state index in [9.17, 15) is 4.79 Å². The summed E-state index contributed by atoms with van der Waals surface area (Å²) in [5, 5.41) is 6.47. The molecular weight excluding hydrogens is 236 g/mol. The molecule has 1 amide bonds. The van der Waals surface area contributed by atoms with Crippen molar-refractivity contribution in [3.05, 3.63) is 29.3 Å². The van der Waals surface area contributed by atoms with Crippen LogP contribution in [0.2, 0.25) is 0 Å². The molecule has 2 aliphatic rings. The minimum Gasteiger partial charge on any atom is -0.326 e. The molecule has 1 aliphatic carbocycles. The van der Waals surface area contributed by atoms with Gasteiger partial charge < -0.3 is 10.6 Å². The number of amides is 1. The van der Waals surface area contributed by atoms with Crippen molar-refractivity contribution >= 4 is 11.6 Å². The number of rotatable bonds is 2. The van der Waals surface area contributed by atoms with Gasteiger partial charge in [-0.3, -0.25) is 4.79 Å². The van der Waals surface area contributed by atoms with Gasteiger partial charge >= 0.3 is 0 Å². The molecule has 0 aromatic heterocycles. The summed E-state index contributed by atoms with van der Waals surface area (Å²) in [6, 6.07) is 6.21. The van der Waals surface area contributed by atoms with Crippen LogP contribution < -0.4 is 10.6 Å². The number of benzene rings is 1. The van der Waals surface area contributed by atoms with Crippen LogP contribution in [0.15, 0.2) is 18.2 Å². The fourth-order valence-corrected chi connectivity index (χ4v) is 3.47. The van der Waals surface area contributed by atoms with Crippen molar-refractivity contribution in [3.63, 3.8) is 0 Å². The zero-order valence-electron chi connectivity index (χ0n) is 11.8. The fraction of sp³-hybridized carbons (Fsp3) is 0.562. The van der Waals surface area contributed by atoms with Crippen LogP contribution in [0, 0.1) is 25.2 Å². The van der Waals surface area contributed by atoms with Crippen molar-refractivity contribution in [3.8, 4) is 0 Å². The van der Waals surface area contributed by atoms with Gasteiger partial charge in [-0.25, -0.2) is 0 Å². The van der Waals surface area contributed by atoms with E-state index in [0.717, 1.165) is 38.0 Å². The second-order valence-corrected chi connectivity index (χ2v) is 6.23. The topological polar surface area (TPSA) is 41.1 Å². The van der Waals surface area contributed by atoms with E-state index < -0.39 is 0 Å². The summed E-state index contributed by atoms with van der Waals surface area (Å²) < 4.78 is 0. The van der Waals surface area contributed by atoms with E-state index in [1.54, 1.807) is 0 Å². The van der Waals surface area contributed by atoms with Crippen molar-refractivity contribution in [2.75, 3.05) is 18.4 Å². The Bertz CT molecular complexity index is 483. The molecule has 1 heterocycles. The maximum absolute atomic E-state index is 12.3. The van der Waals surface area contributed by atoms with Crippen molar-refractivity contribution in [1.29, 1.82) is 0 Å². The van der Waals surface area contributed by atoms with Crippen LogP contribution in [-0.2, 0) is 4.79 Å². The number of anilines is 1. The van der Waals surface area contributed by atoms with Crippen molar-refractivity contribution in [1.82, 2.24) is 5.32 Å². The van der Waals surface area contributed by atoms with Gasteiger partial charge in [0.25, 0.3) is 0 Å². The lowest BCUT2D eigenvalue weighted by atomic mass is 9.92. The first-order valence-electron chi connectivity index (χ1n) is 7.19. The van der Waals surface area contributed by atoms with Crippen molar-refractivity contribution in [2.24, 2.45) is 11.3 Å². The number of hydrogen-bond donors (Lipinski definition) is 2. The predicted molar refractivity (Wildman–Crippen MR) is 77.2 cm³/mol. The Hall–Kier alpha value is -1.35. The normalized spacial score (nSPS) is 24.2. The first-order chi connectivity index (χ1) is 9.09. The number of hydrogen-bond acceptors (Lipinski definition) is 2. The highest BCUT2D eigenvalue weighted by molar-refractivity contribution is 5.95. The Morgan fingerprint density at radius 1 is 1.21 bits per heavy atom. The lowest BCUT2D eigenvalue weighted by molar-refractivity contribution is -0.118. The first-order valence-corrected chi connectivity index (χ1v) is 7.19. The molecule has 1 spiro atoms. The third-order valence-electron chi connectivity index (χ3n) is 4.59. The Kier molecular flexibility index (Phi) is 3.09. The number of aryl methyl sites for hydroxylation is 2. The molecule has 1 saturated heterocycles. The van der Waals surface area contributed by atoms with Gasteiger partial charge in [0, 0.05) is 11.6 Å². The standard InChI is InChI=1S/C16H22N2O/c1-11-7-12(2)9-13(8-11)18-15(19)14-10-16(14)3-5-17-6-4-16/h7-9,14,17H,3-6,10H2,1-2H3,(H,18,19)/t14-/m0/s1. The molecule has 19 heavy (non-hydrogen) atoms. The van der Waals surface area contributed by atoms with Gasteiger partial charge in [0.1, 0.15) is 0 Å². The Morgan fingerprint density at radius 2 is 1.84 bits per heavy atom. The smallest absolute Gasteiger partial charge is 0.228 e. The third kappa shape index (κ3) is 2.52. The number of carbonyl (C=O) groups is 1. The molecule has 1 aromatic rings. The van der Waals surface area contributed by atoms with E-state index in [1.165, 1.54) is 11.1 Å². The van der Waals surface area contributed by atoms with Crippen molar-refractivity contribution in [2.45, 2.75) is 33.1 Å². The predicted octanol–water partition coefficient (Wildman–Crippen LogP) is 2.63. The summed E-state index contributed by atoms with van der Waals surface area (Å²) in [7, 11) is 0. The second-order valence-electron chi connectivity index (χ2n) is 6.23. The van der Waals surface area contributed by atoms with Crippen LogP contribution in [0.3, 0.4) is 0 Å². The molecule has 0 radical (unpaired) electrons. The van der Waals surface area contributed by atoms with Crippen LogP contribution in [0.4, 0.5) is 5.69 Å². The van der Waals surface area contributed by atoms with E-state index in [1.807, 2.05) is 12.1 Å². The molecule has 1 saturated carbocycles. The molecule has 1 atom stereocenters. The summed E-state index contributed by atoms with van der Waals surface area (Å²) in [6.07, 6.45) is 3.38. The third-order valence-corrected chi connectivity index (χ3v) is 4.59. The summed E-state index contributed by atoms with van der Waals surface area (Å²) in [6.45, 7) is 6.25. The SMILES string of the molecule is Cc1cc(C)cc(NC(=O)[C@@H]2CC23CCNCC3)c1. The molecule has 3 nitrogen and oxygen atoms in total. The van der Waals surface area contributed by atoms with Crippen LogP contribution >= 0.6 is 0 Å². The fourth-order valence-electron chi connectivity index (χ4n) is 3.47. The number of piperidine rings is 1. The average Bonchev–Trinajstić information content (AvgIpc) is 3.02. The Labute approximate surface area is 114 Å². The number of nitrogens with one attached hydrogen (secondary N) is 2. The molecule has 102 valence electrons. The first kappa shape index (κ1) is 12.7. The Morgan fingerprint density at radius 3 is 2.47 bits per heavy atom. The Balaban J connectivity index is 1.66. The van der Waals surface area contributed by atoms with E-state index in [0.29, 0.717) is 5.41 Å². The average molecular weight is 258 g/mol. The maximum Gasteiger partial charge on any atom is 0.228 e. The van der Waals surface area contributed by atoms with Crippen LogP contribution in [-0.4, -0.2) is 19.0 Å². The van der Waals surface area contributed by atoms with Gasteiger partial charge in [-0.1, -0.05) is 6.07 Å². The van der Waals surface area contributed by atoms with Crippen LogP contribution in [0.1, 0.15) is 30.4 Å². The van der Waals surface area contributed by atoms with Gasteiger partial charge in [-0.05, 0) is 74.9 Å². The maximum atomic E-state index is 12.3. The van der Waals surface area contributed by atoms with Crippen LogP contribution in [0.25, 0.3) is 0 Å². The highest BCUT2D eigenvalue weighted by Crippen LogP contribution is 2.58. The summed E-state index contributed by atoms with van der Waals surface area (Å²) in [5.41, 5.74) is 3.65. The van der Waals surface area contributed by atoms with Gasteiger partial charge in [-0.2, -0.15) is 0 Å². The summed E-state index contributed by atoms with van der Waals surface area (Å²) in [4.78, 5) is 12.3. The quantitative estimate of drug-likeness (QED) is 0.856. The molecule has 0 bridgehead atoms. The summed E-state index contributed by atoms with van der Waals surface area (Å²) >= 11 is 0. The molecule has 2 N–H and O–H groups in total. The van der Waals surface area contributed by atoms with Gasteiger partial charge in [0.05, 0.1) is 0 Å². The van der Waals surface area contributed by atoms with E-state index in [4.69, 9.17) is 0 Å². The van der Waals surface area contributed by atoms with Gasteiger partial charge in [0.2, 0.25) is 5.91 Å². The zero-order chi connectivity index (χ0) is 13.5. The zero-order valence-corrected chi connectivity index (χ0v) is 11.8. The molecule has 3 rings (SSSR count). The summed E-state index contributed by atoms with van der Waals surface area (Å²) in [5.74, 6) is 0.447. The van der Waals surface area contributed by atoms with E-state index in [2.05, 4.69) is 30.5 Å². The molecule has 1 aliphatic heterocycles. The van der Waals surface area contributed by atoms with E-state index >= 15 is 0 Å². The van der Waals surface area contributed by atoms with Gasteiger partial charge in [-0.15, -0.1) is 0 Å². The lowest BCUT2D eigenvalue weighted by Gasteiger charge is -2.23. The molecule has 1 aromatic carbocycles. The second kappa shape index (κ2) is 4.64. The highest BCUT2D eigenvalue weighted by Gasteiger charge is 2.57. The van der Waals surface area contributed by atoms with Crippen LogP contribution in [0.5, 0.6) is 0 Å². The minimum atomic E-state index is 0.215. The van der Waals surface area contributed by atoms with Crippen molar-refractivity contribution < 1.29 is 4.79 Å².